The molecular formula is C29H44F3N3O4S. The van der Waals surface area contributed by atoms with E-state index in [-0.39, 0.29) is 13.0 Å². The lowest BCUT2D eigenvalue weighted by Gasteiger charge is -2.18. The van der Waals surface area contributed by atoms with E-state index < -0.39 is 28.9 Å². The molecule has 1 aliphatic rings. The van der Waals surface area contributed by atoms with Gasteiger partial charge in [0.25, 0.3) is 0 Å². The van der Waals surface area contributed by atoms with E-state index in [1.54, 1.807) is 18.1 Å². The molecule has 1 unspecified atom stereocenters. The molecule has 0 saturated carbocycles. The minimum Gasteiger partial charge on any atom is -0.481 e. The summed E-state index contributed by atoms with van der Waals surface area (Å²) in [7, 11) is 1.80. The van der Waals surface area contributed by atoms with E-state index in [1.807, 2.05) is 4.90 Å². The fourth-order valence-electron chi connectivity index (χ4n) is 4.70. The van der Waals surface area contributed by atoms with Crippen LogP contribution in [0.4, 0.5) is 13.2 Å². The first-order chi connectivity index (χ1) is 19.1. The highest BCUT2D eigenvalue weighted by Gasteiger charge is 2.31. The molecule has 7 nitrogen and oxygen atoms in total. The van der Waals surface area contributed by atoms with Crippen LogP contribution in [0.5, 0.6) is 0 Å². The van der Waals surface area contributed by atoms with Crippen molar-refractivity contribution in [1.82, 2.24) is 9.91 Å². The van der Waals surface area contributed by atoms with Gasteiger partial charge in [0.2, 0.25) is 0 Å². The number of hydrogen-bond acceptors (Lipinski definition) is 6. The van der Waals surface area contributed by atoms with Crippen LogP contribution in [-0.2, 0) is 22.3 Å². The number of alkyl halides is 3. The highest BCUT2D eigenvalue weighted by molar-refractivity contribution is 8.14. The summed E-state index contributed by atoms with van der Waals surface area (Å²) in [6, 6.07) is 5.18. The van der Waals surface area contributed by atoms with Crippen molar-refractivity contribution in [2.24, 2.45) is 5.10 Å². The quantitative estimate of drug-likeness (QED) is 0.150. The molecule has 0 aliphatic carbocycles. The van der Waals surface area contributed by atoms with Crippen LogP contribution >= 0.6 is 11.8 Å². The molecule has 2 N–H and O–H groups in total. The predicted molar refractivity (Wildman–Crippen MR) is 153 cm³/mol. The molecule has 40 heavy (non-hydrogen) atoms. The maximum atomic E-state index is 13.0. The largest absolute Gasteiger partial charge is 0.481 e. The van der Waals surface area contributed by atoms with E-state index in [9.17, 15) is 27.9 Å². The zero-order chi connectivity index (χ0) is 29.4. The third-order valence-corrected chi connectivity index (χ3v) is 8.25. The zero-order valence-electron chi connectivity index (χ0n) is 23.5. The second-order valence-corrected chi connectivity index (χ2v) is 11.7. The van der Waals surface area contributed by atoms with Crippen LogP contribution in [0.25, 0.3) is 0 Å². The number of nitrogens with zero attached hydrogens (tertiary/aromatic N) is 3. The second kappa shape index (κ2) is 18.1. The Morgan fingerprint density at radius 1 is 0.925 bits per heavy atom. The predicted octanol–water partition coefficient (Wildman–Crippen LogP) is 7.80. The summed E-state index contributed by atoms with van der Waals surface area (Å²) in [5.41, 5.74) is -0.196. The maximum Gasteiger partial charge on any atom is 0.416 e. The van der Waals surface area contributed by atoms with Gasteiger partial charge in [-0.1, -0.05) is 101 Å². The standard InChI is InChI=1S/C29H44F3N3O4S/c1-34-22-35(21-23-16-15-17-24(20-23)29(30,31)32)33-28(34)40-25(27(38)39)18-13-11-9-7-5-3-2-4-6-8-10-12-14-19-26(36)37/h15-17,20,25H,2-14,18-19,21-22H2,1H3,(H,36,37)(H,38,39). The first-order valence-corrected chi connectivity index (χ1v) is 15.3. The van der Waals surface area contributed by atoms with Crippen molar-refractivity contribution in [3.63, 3.8) is 0 Å². The van der Waals surface area contributed by atoms with Crippen LogP contribution in [-0.4, -0.2) is 56.2 Å². The molecule has 2 rings (SSSR count). The molecule has 1 heterocycles. The topological polar surface area (TPSA) is 93.4 Å². The van der Waals surface area contributed by atoms with Crippen molar-refractivity contribution in [3.05, 3.63) is 35.4 Å². The van der Waals surface area contributed by atoms with Crippen molar-refractivity contribution >= 4 is 28.9 Å². The van der Waals surface area contributed by atoms with E-state index in [0.717, 1.165) is 57.1 Å². The highest BCUT2D eigenvalue weighted by atomic mass is 32.2. The minimum atomic E-state index is -4.40. The number of aliphatic carboxylic acids is 2. The lowest BCUT2D eigenvalue weighted by molar-refractivity contribution is -0.138. The van der Waals surface area contributed by atoms with Crippen molar-refractivity contribution in [2.75, 3.05) is 13.7 Å². The number of halogens is 3. The number of carboxylic acids is 2. The first-order valence-electron chi connectivity index (χ1n) is 14.4. The third kappa shape index (κ3) is 13.8. The first kappa shape index (κ1) is 33.8. The summed E-state index contributed by atoms with van der Waals surface area (Å²) < 4.78 is 39.0. The van der Waals surface area contributed by atoms with Crippen molar-refractivity contribution in [1.29, 1.82) is 0 Å². The molecule has 0 aromatic heterocycles. The monoisotopic (exact) mass is 587 g/mol. The van der Waals surface area contributed by atoms with Gasteiger partial charge in [0, 0.05) is 13.5 Å². The Bertz CT molecular complexity index is 945. The normalized spacial score (nSPS) is 14.4. The Kier molecular flexibility index (Phi) is 15.3. The van der Waals surface area contributed by atoms with Gasteiger partial charge in [0.1, 0.15) is 11.9 Å². The lowest BCUT2D eigenvalue weighted by atomic mass is 10.0. The van der Waals surface area contributed by atoms with E-state index in [1.165, 1.54) is 56.4 Å². The van der Waals surface area contributed by atoms with Gasteiger partial charge in [-0.2, -0.15) is 18.3 Å². The van der Waals surface area contributed by atoms with Crippen molar-refractivity contribution in [2.45, 2.75) is 114 Å². The Labute approximate surface area is 240 Å². The summed E-state index contributed by atoms with van der Waals surface area (Å²) >= 11 is 1.21. The molecule has 0 amide bonds. The van der Waals surface area contributed by atoms with Crippen LogP contribution in [0.1, 0.15) is 107 Å². The second-order valence-electron chi connectivity index (χ2n) is 10.6. The molecule has 1 aromatic rings. The summed E-state index contributed by atoms with van der Waals surface area (Å²) in [5, 5.41) is 24.4. The van der Waals surface area contributed by atoms with E-state index in [4.69, 9.17) is 5.11 Å². The molecule has 11 heteroatoms. The Morgan fingerprint density at radius 3 is 2.00 bits per heavy atom. The number of hydrogen-bond donors (Lipinski definition) is 2. The van der Waals surface area contributed by atoms with Crippen LogP contribution in [0.2, 0.25) is 0 Å². The molecule has 226 valence electrons. The van der Waals surface area contributed by atoms with E-state index in [0.29, 0.717) is 23.8 Å². The van der Waals surface area contributed by atoms with Gasteiger partial charge < -0.3 is 15.1 Å². The molecule has 0 fully saturated rings. The number of unbranched alkanes of at least 4 members (excludes halogenated alkanes) is 12. The summed E-state index contributed by atoms with van der Waals surface area (Å²) in [5.74, 6) is -1.59. The minimum absolute atomic E-state index is 0.213. The fourth-order valence-corrected chi connectivity index (χ4v) is 5.74. The number of carboxylic acid groups (broad SMARTS) is 2. The molecule has 1 aromatic carbocycles. The maximum absolute atomic E-state index is 13.0. The zero-order valence-corrected chi connectivity index (χ0v) is 24.3. The SMILES string of the molecule is CN1CN(Cc2cccc(C(F)(F)F)c2)N=C1SC(CCCCCCCCCCCCCCCC(=O)O)C(=O)O. The van der Waals surface area contributed by atoms with Gasteiger partial charge >= 0.3 is 18.1 Å². The number of hydrazone groups is 1. The molecule has 0 spiro atoms. The van der Waals surface area contributed by atoms with Crippen molar-refractivity contribution in [3.8, 4) is 0 Å². The Morgan fingerprint density at radius 2 is 1.48 bits per heavy atom. The fraction of sp³-hybridized carbons (Fsp3) is 0.690. The van der Waals surface area contributed by atoms with Crippen LogP contribution < -0.4 is 0 Å². The number of amidine groups is 1. The Hall–Kier alpha value is -2.43. The van der Waals surface area contributed by atoms with Crippen molar-refractivity contribution < 1.29 is 33.0 Å². The van der Waals surface area contributed by atoms with E-state index >= 15 is 0 Å². The molecule has 1 atom stereocenters. The smallest absolute Gasteiger partial charge is 0.416 e. The lowest BCUT2D eigenvalue weighted by Crippen LogP contribution is -2.28. The molecular weight excluding hydrogens is 543 g/mol. The number of carbonyl (C=O) groups is 2. The summed E-state index contributed by atoms with van der Waals surface area (Å²) in [4.78, 5) is 24.2. The number of rotatable bonds is 20. The molecule has 0 radical (unpaired) electrons. The summed E-state index contributed by atoms with van der Waals surface area (Å²) in [6.07, 6.45) is 10.6. The van der Waals surface area contributed by atoms with Gasteiger partial charge in [-0.3, -0.25) is 14.6 Å². The van der Waals surface area contributed by atoms with E-state index in [2.05, 4.69) is 5.10 Å². The van der Waals surface area contributed by atoms with Gasteiger partial charge in [-0.25, -0.2) is 0 Å². The summed E-state index contributed by atoms with van der Waals surface area (Å²) in [6.45, 7) is 0.600. The highest BCUT2D eigenvalue weighted by Crippen LogP contribution is 2.30. The average molecular weight is 588 g/mol. The Balaban J connectivity index is 1.59. The number of benzene rings is 1. The number of thioether (sulfide) groups is 1. The van der Waals surface area contributed by atoms with Gasteiger partial charge in [0.05, 0.1) is 12.1 Å². The van der Waals surface area contributed by atoms with Gasteiger partial charge in [0.15, 0.2) is 5.17 Å². The average Bonchev–Trinajstić information content (AvgIpc) is 3.23. The van der Waals surface area contributed by atoms with Gasteiger partial charge in [-0.15, -0.1) is 0 Å². The third-order valence-electron chi connectivity index (χ3n) is 6.93. The van der Waals surface area contributed by atoms with Crippen LogP contribution in [0.15, 0.2) is 29.4 Å². The molecule has 1 aliphatic heterocycles. The molecule has 0 saturated heterocycles. The molecule has 0 bridgehead atoms. The van der Waals surface area contributed by atoms with Gasteiger partial charge in [-0.05, 0) is 30.5 Å². The van der Waals surface area contributed by atoms with Crippen LogP contribution in [0.3, 0.4) is 0 Å². The van der Waals surface area contributed by atoms with Crippen LogP contribution in [0, 0.1) is 0 Å².